The van der Waals surface area contributed by atoms with Crippen molar-refractivity contribution >= 4 is 29.3 Å². The Morgan fingerprint density at radius 1 is 1.25 bits per heavy atom. The molecule has 3 rings (SSSR count). The van der Waals surface area contributed by atoms with Crippen molar-refractivity contribution in [3.63, 3.8) is 0 Å². The second-order valence-electron chi connectivity index (χ2n) is 4.11. The van der Waals surface area contributed by atoms with E-state index in [0.717, 1.165) is 13.1 Å². The van der Waals surface area contributed by atoms with Crippen LogP contribution in [0.1, 0.15) is 0 Å². The molecule has 1 saturated heterocycles. The minimum atomic E-state index is 0.172. The molecule has 1 aliphatic heterocycles. The molecular weight excluding hydrogens is 302 g/mol. The molecule has 8 nitrogen and oxygen atoms in total. The number of hydrogen-bond donors (Lipinski definition) is 0. The molecule has 3 heterocycles. The van der Waals surface area contributed by atoms with E-state index in [1.165, 1.54) is 11.8 Å². The fraction of sp³-hybridized carbons (Fsp3) is 0.500. The van der Waals surface area contributed by atoms with Crippen LogP contribution in [0, 0.1) is 0 Å². The van der Waals surface area contributed by atoms with Gasteiger partial charge in [0.05, 0.1) is 13.2 Å². The van der Waals surface area contributed by atoms with Crippen molar-refractivity contribution in [3.05, 3.63) is 11.6 Å². The maximum Gasteiger partial charge on any atom is 0.230 e. The van der Waals surface area contributed by atoms with Crippen LogP contribution in [0.2, 0.25) is 5.28 Å². The van der Waals surface area contributed by atoms with Crippen LogP contribution in [0.25, 0.3) is 0 Å². The van der Waals surface area contributed by atoms with Gasteiger partial charge in [-0.3, -0.25) is 0 Å². The van der Waals surface area contributed by atoms with Crippen LogP contribution in [0.3, 0.4) is 0 Å². The van der Waals surface area contributed by atoms with Gasteiger partial charge >= 0.3 is 0 Å². The molecule has 0 amide bonds. The van der Waals surface area contributed by atoms with E-state index >= 15 is 0 Å². The molecule has 0 atom stereocenters. The number of nitrogens with zero attached hydrogens (tertiary/aromatic N) is 7. The Labute approximate surface area is 124 Å². The van der Waals surface area contributed by atoms with Crippen molar-refractivity contribution < 1.29 is 4.74 Å². The first kappa shape index (κ1) is 13.5. The van der Waals surface area contributed by atoms with Gasteiger partial charge in [-0.25, -0.2) is 0 Å². The molecule has 20 heavy (non-hydrogen) atoms. The molecule has 0 radical (unpaired) electrons. The van der Waals surface area contributed by atoms with E-state index in [-0.39, 0.29) is 5.28 Å². The Kier molecular flexibility index (Phi) is 3.99. The van der Waals surface area contributed by atoms with Crippen LogP contribution in [-0.2, 0) is 11.8 Å². The highest BCUT2D eigenvalue weighted by molar-refractivity contribution is 7.99. The smallest absolute Gasteiger partial charge is 0.230 e. The van der Waals surface area contributed by atoms with Gasteiger partial charge in [0.25, 0.3) is 0 Å². The summed E-state index contributed by atoms with van der Waals surface area (Å²) in [6.45, 7) is 2.81. The highest BCUT2D eigenvalue weighted by Crippen LogP contribution is 2.24. The zero-order valence-corrected chi connectivity index (χ0v) is 12.3. The van der Waals surface area contributed by atoms with Gasteiger partial charge in [0, 0.05) is 20.1 Å². The molecule has 10 heteroatoms. The first-order valence-corrected chi connectivity index (χ1v) is 7.18. The summed E-state index contributed by atoms with van der Waals surface area (Å²) < 4.78 is 7.10. The third-order valence-corrected chi connectivity index (χ3v) is 3.81. The topological polar surface area (TPSA) is 81.9 Å². The summed E-state index contributed by atoms with van der Waals surface area (Å²) in [5, 5.41) is 9.16. The molecule has 2 aromatic rings. The SMILES string of the molecule is Cn1cnnc1Sc1nc(Cl)nc(N2CCOCC2)n1. The fourth-order valence-electron chi connectivity index (χ4n) is 1.72. The first-order chi connectivity index (χ1) is 9.72. The normalized spacial score (nSPS) is 15.6. The van der Waals surface area contributed by atoms with Crippen LogP contribution >= 0.6 is 23.4 Å². The van der Waals surface area contributed by atoms with Crippen molar-refractivity contribution in [2.24, 2.45) is 7.05 Å². The maximum absolute atomic E-state index is 5.97. The number of hydrogen-bond acceptors (Lipinski definition) is 8. The number of aromatic nitrogens is 6. The maximum atomic E-state index is 5.97. The molecule has 1 fully saturated rings. The summed E-state index contributed by atoms with van der Waals surface area (Å²) >= 11 is 7.27. The summed E-state index contributed by atoms with van der Waals surface area (Å²) in [6, 6.07) is 0. The Balaban J connectivity index is 1.84. The van der Waals surface area contributed by atoms with Gasteiger partial charge in [-0.05, 0) is 23.4 Å². The second kappa shape index (κ2) is 5.90. The Morgan fingerprint density at radius 3 is 2.75 bits per heavy atom. The number of morpholine rings is 1. The molecular formula is C10H12ClN7OS. The number of ether oxygens (including phenoxy) is 1. The lowest BCUT2D eigenvalue weighted by molar-refractivity contribution is 0.122. The van der Waals surface area contributed by atoms with Crippen LogP contribution in [0.5, 0.6) is 0 Å². The highest BCUT2D eigenvalue weighted by atomic mass is 35.5. The molecule has 0 saturated carbocycles. The van der Waals surface area contributed by atoms with Gasteiger partial charge in [0.2, 0.25) is 16.4 Å². The van der Waals surface area contributed by atoms with Crippen LogP contribution in [-0.4, -0.2) is 56.0 Å². The Morgan fingerprint density at radius 2 is 2.05 bits per heavy atom. The zero-order valence-electron chi connectivity index (χ0n) is 10.7. The van der Waals surface area contributed by atoms with Crippen molar-refractivity contribution in [1.82, 2.24) is 29.7 Å². The van der Waals surface area contributed by atoms with E-state index in [1.54, 1.807) is 10.9 Å². The lowest BCUT2D eigenvalue weighted by atomic mass is 10.4. The molecule has 0 N–H and O–H groups in total. The zero-order chi connectivity index (χ0) is 13.9. The van der Waals surface area contributed by atoms with E-state index in [4.69, 9.17) is 16.3 Å². The van der Waals surface area contributed by atoms with E-state index in [1.807, 2.05) is 11.9 Å². The van der Waals surface area contributed by atoms with Crippen molar-refractivity contribution in [1.29, 1.82) is 0 Å². The summed E-state index contributed by atoms with van der Waals surface area (Å²) in [4.78, 5) is 14.7. The number of anilines is 1. The largest absolute Gasteiger partial charge is 0.378 e. The van der Waals surface area contributed by atoms with E-state index < -0.39 is 0 Å². The van der Waals surface area contributed by atoms with E-state index in [0.29, 0.717) is 29.5 Å². The lowest BCUT2D eigenvalue weighted by Gasteiger charge is -2.26. The molecule has 106 valence electrons. The summed E-state index contributed by atoms with van der Waals surface area (Å²) in [5.74, 6) is 0.568. The molecule has 0 spiro atoms. The van der Waals surface area contributed by atoms with Gasteiger partial charge in [-0.15, -0.1) is 10.2 Å². The lowest BCUT2D eigenvalue weighted by Crippen LogP contribution is -2.37. The minimum absolute atomic E-state index is 0.172. The number of aryl methyl sites for hydroxylation is 1. The van der Waals surface area contributed by atoms with Crippen LogP contribution in [0.15, 0.2) is 16.6 Å². The van der Waals surface area contributed by atoms with E-state index in [9.17, 15) is 0 Å². The van der Waals surface area contributed by atoms with Gasteiger partial charge in [-0.2, -0.15) is 15.0 Å². The average molecular weight is 314 g/mol. The number of rotatable bonds is 3. The standard InChI is InChI=1S/C10H12ClN7OS/c1-17-6-12-16-10(17)20-9-14-7(11)13-8(15-9)18-2-4-19-5-3-18/h6H,2-5H2,1H3. The first-order valence-electron chi connectivity index (χ1n) is 5.98. The third kappa shape index (κ3) is 3.00. The monoisotopic (exact) mass is 313 g/mol. The van der Waals surface area contributed by atoms with Crippen LogP contribution in [0.4, 0.5) is 5.95 Å². The summed E-state index contributed by atoms with van der Waals surface area (Å²) in [5.41, 5.74) is 0. The van der Waals surface area contributed by atoms with E-state index in [2.05, 4.69) is 25.1 Å². The highest BCUT2D eigenvalue weighted by Gasteiger charge is 2.17. The molecule has 2 aromatic heterocycles. The fourth-order valence-corrected chi connectivity index (χ4v) is 2.63. The average Bonchev–Trinajstić information content (AvgIpc) is 2.85. The van der Waals surface area contributed by atoms with Gasteiger partial charge in [0.1, 0.15) is 6.33 Å². The van der Waals surface area contributed by atoms with Crippen LogP contribution < -0.4 is 4.90 Å². The van der Waals surface area contributed by atoms with Crippen molar-refractivity contribution in [2.75, 3.05) is 31.2 Å². The third-order valence-electron chi connectivity index (χ3n) is 2.72. The van der Waals surface area contributed by atoms with Gasteiger partial charge < -0.3 is 14.2 Å². The number of halogens is 1. The molecule has 0 aromatic carbocycles. The Bertz CT molecular complexity index is 601. The van der Waals surface area contributed by atoms with Crippen molar-refractivity contribution in [3.8, 4) is 0 Å². The summed E-state index contributed by atoms with van der Waals surface area (Å²) in [6.07, 6.45) is 1.62. The molecule has 1 aliphatic rings. The van der Waals surface area contributed by atoms with Gasteiger partial charge in [0.15, 0.2) is 5.16 Å². The quantitative estimate of drug-likeness (QED) is 0.816. The Hall–Kier alpha value is -1.45. The summed E-state index contributed by atoms with van der Waals surface area (Å²) in [7, 11) is 1.86. The van der Waals surface area contributed by atoms with Crippen molar-refractivity contribution in [2.45, 2.75) is 10.3 Å². The second-order valence-corrected chi connectivity index (χ2v) is 5.39. The minimum Gasteiger partial charge on any atom is -0.378 e. The molecule has 0 bridgehead atoms. The molecule has 0 unspecified atom stereocenters. The molecule has 0 aliphatic carbocycles. The predicted molar refractivity (Wildman–Crippen MR) is 73.0 cm³/mol. The van der Waals surface area contributed by atoms with Gasteiger partial charge in [-0.1, -0.05) is 0 Å². The predicted octanol–water partition coefficient (Wildman–Crippen LogP) is 0.641.